The quantitative estimate of drug-likeness (QED) is 0.914. The number of hydrogen-bond acceptors (Lipinski definition) is 5. The van der Waals surface area contributed by atoms with E-state index in [1.54, 1.807) is 11.3 Å². The molecule has 0 aliphatic rings. The van der Waals surface area contributed by atoms with E-state index in [9.17, 15) is 0 Å². The Balaban J connectivity index is 2.10. The molecule has 0 bridgehead atoms. The average Bonchev–Trinajstić information content (AvgIpc) is 2.61. The smallest absolute Gasteiger partial charge is 0.146 e. The van der Waals surface area contributed by atoms with E-state index in [0.717, 1.165) is 12.4 Å². The Kier molecular flexibility index (Phi) is 3.63. The number of aromatic nitrogens is 2. The van der Waals surface area contributed by atoms with E-state index in [2.05, 4.69) is 51.1 Å². The summed E-state index contributed by atoms with van der Waals surface area (Å²) in [7, 11) is 0. The van der Waals surface area contributed by atoms with E-state index in [0.29, 0.717) is 10.3 Å². The van der Waals surface area contributed by atoms with E-state index < -0.39 is 0 Å². The molecule has 0 saturated carbocycles. The Labute approximate surface area is 112 Å². The standard InChI is InChI=1S/C11H13BrN4S/c1-6-3-8(17-7(6)2)4-14-11-9(12)10(13)15-5-16-11/h3,5H,4H2,1-2H3,(H3,13,14,15,16). The molecule has 3 N–H and O–H groups in total. The van der Waals surface area contributed by atoms with Crippen molar-refractivity contribution in [2.45, 2.75) is 20.4 Å². The second-order valence-corrected chi connectivity index (χ2v) is 5.86. The number of aryl methyl sites for hydroxylation is 2. The maximum Gasteiger partial charge on any atom is 0.146 e. The molecular formula is C11H13BrN4S. The summed E-state index contributed by atoms with van der Waals surface area (Å²) in [5.41, 5.74) is 7.01. The maximum atomic E-state index is 5.68. The van der Waals surface area contributed by atoms with Crippen LogP contribution in [-0.4, -0.2) is 9.97 Å². The van der Waals surface area contributed by atoms with Gasteiger partial charge in [0.05, 0.1) is 6.54 Å². The van der Waals surface area contributed by atoms with Crippen LogP contribution in [0.1, 0.15) is 15.3 Å². The zero-order valence-corrected chi connectivity index (χ0v) is 12.0. The average molecular weight is 313 g/mol. The van der Waals surface area contributed by atoms with Crippen molar-refractivity contribution in [3.63, 3.8) is 0 Å². The van der Waals surface area contributed by atoms with Crippen molar-refractivity contribution in [1.29, 1.82) is 0 Å². The van der Waals surface area contributed by atoms with E-state index in [4.69, 9.17) is 5.73 Å². The Bertz CT molecular complexity index is 519. The molecule has 0 spiro atoms. The monoisotopic (exact) mass is 312 g/mol. The van der Waals surface area contributed by atoms with Gasteiger partial charge in [0.1, 0.15) is 22.4 Å². The minimum absolute atomic E-state index is 0.445. The lowest BCUT2D eigenvalue weighted by molar-refractivity contribution is 1.09. The van der Waals surface area contributed by atoms with Crippen LogP contribution < -0.4 is 11.1 Å². The second kappa shape index (κ2) is 5.01. The van der Waals surface area contributed by atoms with Gasteiger partial charge >= 0.3 is 0 Å². The number of rotatable bonds is 3. The van der Waals surface area contributed by atoms with Gasteiger partial charge in [-0.1, -0.05) is 0 Å². The van der Waals surface area contributed by atoms with Gasteiger partial charge in [0.15, 0.2) is 0 Å². The summed E-state index contributed by atoms with van der Waals surface area (Å²) in [6.07, 6.45) is 1.45. The largest absolute Gasteiger partial charge is 0.383 e. The van der Waals surface area contributed by atoms with E-state index in [1.807, 2.05) is 0 Å². The first-order valence-corrected chi connectivity index (χ1v) is 6.74. The molecule has 0 atom stereocenters. The van der Waals surface area contributed by atoms with Gasteiger partial charge in [-0.15, -0.1) is 11.3 Å². The van der Waals surface area contributed by atoms with Gasteiger partial charge in [0, 0.05) is 9.75 Å². The molecule has 2 heterocycles. The highest BCUT2D eigenvalue weighted by molar-refractivity contribution is 9.10. The Morgan fingerprint density at radius 2 is 2.18 bits per heavy atom. The van der Waals surface area contributed by atoms with Crippen molar-refractivity contribution < 1.29 is 0 Å². The molecule has 0 aliphatic carbocycles. The Hall–Kier alpha value is -1.14. The number of nitrogens with one attached hydrogen (secondary N) is 1. The Morgan fingerprint density at radius 1 is 1.41 bits per heavy atom. The Morgan fingerprint density at radius 3 is 2.82 bits per heavy atom. The summed E-state index contributed by atoms with van der Waals surface area (Å²) in [5, 5.41) is 3.24. The minimum atomic E-state index is 0.445. The van der Waals surface area contributed by atoms with Gasteiger partial charge in [-0.3, -0.25) is 0 Å². The van der Waals surface area contributed by atoms with Crippen LogP contribution in [-0.2, 0) is 6.54 Å². The minimum Gasteiger partial charge on any atom is -0.383 e. The first-order chi connectivity index (χ1) is 8.08. The maximum absolute atomic E-state index is 5.68. The first kappa shape index (κ1) is 12.3. The van der Waals surface area contributed by atoms with Crippen molar-refractivity contribution in [3.8, 4) is 0 Å². The molecule has 0 aromatic carbocycles. The predicted octanol–water partition coefficient (Wildman–Crippen LogP) is 3.11. The molecule has 0 aliphatic heterocycles. The molecule has 0 saturated heterocycles. The number of hydrogen-bond donors (Lipinski definition) is 2. The van der Waals surface area contributed by atoms with Crippen LogP contribution in [0.5, 0.6) is 0 Å². The number of halogens is 1. The van der Waals surface area contributed by atoms with Crippen LogP contribution >= 0.6 is 27.3 Å². The summed E-state index contributed by atoms with van der Waals surface area (Å²) in [6.45, 7) is 4.99. The molecule has 0 unspecified atom stereocenters. The molecule has 17 heavy (non-hydrogen) atoms. The number of anilines is 2. The van der Waals surface area contributed by atoms with Gasteiger partial charge in [0.25, 0.3) is 0 Å². The van der Waals surface area contributed by atoms with Crippen LogP contribution in [0, 0.1) is 13.8 Å². The third-order valence-electron chi connectivity index (χ3n) is 2.46. The molecule has 90 valence electrons. The fraction of sp³-hybridized carbons (Fsp3) is 0.273. The third kappa shape index (κ3) is 2.76. The molecular weight excluding hydrogens is 300 g/mol. The van der Waals surface area contributed by atoms with E-state index >= 15 is 0 Å². The van der Waals surface area contributed by atoms with E-state index in [1.165, 1.54) is 21.6 Å². The molecule has 2 aromatic rings. The molecule has 6 heteroatoms. The topological polar surface area (TPSA) is 63.8 Å². The van der Waals surface area contributed by atoms with Gasteiger partial charge < -0.3 is 11.1 Å². The molecule has 0 radical (unpaired) electrons. The molecule has 2 aromatic heterocycles. The van der Waals surface area contributed by atoms with Crippen LogP contribution in [0.2, 0.25) is 0 Å². The molecule has 4 nitrogen and oxygen atoms in total. The summed E-state index contributed by atoms with van der Waals surface area (Å²) in [6, 6.07) is 2.19. The van der Waals surface area contributed by atoms with Crippen molar-refractivity contribution >= 4 is 38.9 Å². The lowest BCUT2D eigenvalue weighted by atomic mass is 10.3. The number of thiophene rings is 1. The zero-order valence-electron chi connectivity index (χ0n) is 9.62. The predicted molar refractivity (Wildman–Crippen MR) is 75.3 cm³/mol. The molecule has 0 amide bonds. The number of nitrogens with zero attached hydrogens (tertiary/aromatic N) is 2. The van der Waals surface area contributed by atoms with E-state index in [-0.39, 0.29) is 0 Å². The van der Waals surface area contributed by atoms with Gasteiger partial charge in [-0.25, -0.2) is 9.97 Å². The zero-order chi connectivity index (χ0) is 12.4. The fourth-order valence-electron chi connectivity index (χ4n) is 1.41. The highest BCUT2D eigenvalue weighted by Crippen LogP contribution is 2.26. The lowest BCUT2D eigenvalue weighted by Crippen LogP contribution is -2.03. The van der Waals surface area contributed by atoms with Gasteiger partial charge in [-0.05, 0) is 41.4 Å². The van der Waals surface area contributed by atoms with Crippen LogP contribution in [0.15, 0.2) is 16.9 Å². The van der Waals surface area contributed by atoms with Gasteiger partial charge in [-0.2, -0.15) is 0 Å². The first-order valence-electron chi connectivity index (χ1n) is 5.13. The molecule has 0 fully saturated rings. The van der Waals surface area contributed by atoms with Gasteiger partial charge in [0.2, 0.25) is 0 Å². The summed E-state index contributed by atoms with van der Waals surface area (Å²) >= 11 is 5.16. The highest BCUT2D eigenvalue weighted by atomic mass is 79.9. The normalized spacial score (nSPS) is 10.5. The van der Waals surface area contributed by atoms with Crippen LogP contribution in [0.4, 0.5) is 11.6 Å². The van der Waals surface area contributed by atoms with Crippen molar-refractivity contribution in [3.05, 3.63) is 32.2 Å². The van der Waals surface area contributed by atoms with Crippen molar-refractivity contribution in [1.82, 2.24) is 9.97 Å². The molecule has 2 rings (SSSR count). The van der Waals surface area contributed by atoms with Crippen LogP contribution in [0.3, 0.4) is 0 Å². The fourth-order valence-corrected chi connectivity index (χ4v) is 2.75. The number of nitrogens with two attached hydrogens (primary N) is 1. The van der Waals surface area contributed by atoms with Crippen molar-refractivity contribution in [2.75, 3.05) is 11.1 Å². The summed E-state index contributed by atoms with van der Waals surface area (Å²) < 4.78 is 0.713. The summed E-state index contributed by atoms with van der Waals surface area (Å²) in [5.74, 6) is 1.17. The highest BCUT2D eigenvalue weighted by Gasteiger charge is 2.06. The summed E-state index contributed by atoms with van der Waals surface area (Å²) in [4.78, 5) is 10.7. The SMILES string of the molecule is Cc1cc(CNc2ncnc(N)c2Br)sc1C. The lowest BCUT2D eigenvalue weighted by Gasteiger charge is -2.06. The number of nitrogen functional groups attached to an aromatic ring is 1. The van der Waals surface area contributed by atoms with Crippen molar-refractivity contribution in [2.24, 2.45) is 0 Å². The third-order valence-corrected chi connectivity index (χ3v) is 4.40. The van der Waals surface area contributed by atoms with Crippen LogP contribution in [0.25, 0.3) is 0 Å². The second-order valence-electron chi connectivity index (χ2n) is 3.73.